The van der Waals surface area contributed by atoms with Crippen molar-refractivity contribution in [2.45, 2.75) is 59.3 Å². The average Bonchev–Trinajstić information content (AvgIpc) is 3.09. The Hall–Kier alpha value is -1.25. The number of rotatable bonds is 6. The molecule has 1 saturated heterocycles. The monoisotopic (exact) mass is 436 g/mol. The van der Waals surface area contributed by atoms with E-state index in [-0.39, 0.29) is 5.75 Å². The van der Waals surface area contributed by atoms with Gasteiger partial charge in [0.1, 0.15) is 16.5 Å². The molecule has 0 amide bonds. The van der Waals surface area contributed by atoms with Crippen molar-refractivity contribution in [2.75, 3.05) is 36.8 Å². The summed E-state index contributed by atoms with van der Waals surface area (Å²) in [4.78, 5) is 14.9. The Balaban J connectivity index is 1.70. The molecule has 4 rings (SSSR count). The first-order valence-electron chi connectivity index (χ1n) is 11.0. The summed E-state index contributed by atoms with van der Waals surface area (Å²) in [5.41, 5.74) is 1.45. The molecule has 1 fully saturated rings. The van der Waals surface area contributed by atoms with Crippen molar-refractivity contribution in [3.63, 3.8) is 0 Å². The Morgan fingerprint density at radius 3 is 2.59 bits per heavy atom. The van der Waals surface area contributed by atoms with E-state index in [1.807, 2.05) is 11.3 Å². The Morgan fingerprint density at radius 2 is 1.90 bits per heavy atom. The summed E-state index contributed by atoms with van der Waals surface area (Å²) in [6.07, 6.45) is 6.59. The zero-order chi connectivity index (χ0) is 20.6. The molecule has 0 unspecified atom stereocenters. The highest BCUT2D eigenvalue weighted by Gasteiger charge is 2.30. The number of sulfonamides is 1. The van der Waals surface area contributed by atoms with Crippen molar-refractivity contribution in [1.82, 2.24) is 14.3 Å². The summed E-state index contributed by atoms with van der Waals surface area (Å²) >= 11 is 1.85. The largest absolute Gasteiger partial charge is 0.353 e. The van der Waals surface area contributed by atoms with E-state index in [4.69, 9.17) is 9.97 Å². The molecule has 160 valence electrons. The third-order valence-electron chi connectivity index (χ3n) is 6.23. The van der Waals surface area contributed by atoms with Gasteiger partial charge in [-0.25, -0.2) is 18.4 Å². The molecule has 8 heteroatoms. The number of piperazine rings is 1. The fraction of sp³-hybridized carbons (Fsp3) is 0.714. The van der Waals surface area contributed by atoms with Crippen LogP contribution in [0.3, 0.4) is 0 Å². The van der Waals surface area contributed by atoms with Gasteiger partial charge in [0.15, 0.2) is 0 Å². The van der Waals surface area contributed by atoms with Gasteiger partial charge in [-0.05, 0) is 44.1 Å². The standard InChI is InChI=1S/C21H32N4O2S2/c1-4-6-7-18-22-20(24-10-12-25(13-11-24)29(26,27)5-2)19-16-9-8-15(3)14-17(16)28-21(19)23-18/h15H,4-14H2,1-3H3/t15-/m0/s1. The maximum absolute atomic E-state index is 12.2. The van der Waals surface area contributed by atoms with E-state index in [1.165, 1.54) is 22.2 Å². The maximum Gasteiger partial charge on any atom is 0.213 e. The lowest BCUT2D eigenvalue weighted by Crippen LogP contribution is -2.49. The smallest absolute Gasteiger partial charge is 0.213 e. The normalized spacial score (nSPS) is 20.9. The number of aromatic nitrogens is 2. The molecular formula is C21H32N4O2S2. The van der Waals surface area contributed by atoms with E-state index in [1.54, 1.807) is 11.2 Å². The van der Waals surface area contributed by atoms with E-state index in [0.29, 0.717) is 26.2 Å². The molecule has 2 aromatic rings. The molecule has 2 aromatic heterocycles. The topological polar surface area (TPSA) is 66.4 Å². The molecule has 1 aliphatic heterocycles. The predicted molar refractivity (Wildman–Crippen MR) is 120 cm³/mol. The average molecular weight is 437 g/mol. The number of fused-ring (bicyclic) bond motifs is 3. The highest BCUT2D eigenvalue weighted by molar-refractivity contribution is 7.89. The first-order valence-corrected chi connectivity index (χ1v) is 13.4. The molecule has 6 nitrogen and oxygen atoms in total. The molecule has 0 N–H and O–H groups in total. The van der Waals surface area contributed by atoms with Crippen LogP contribution in [-0.2, 0) is 29.3 Å². The van der Waals surface area contributed by atoms with Crippen LogP contribution >= 0.6 is 11.3 Å². The minimum Gasteiger partial charge on any atom is -0.353 e. The lowest BCUT2D eigenvalue weighted by atomic mass is 9.89. The fourth-order valence-electron chi connectivity index (χ4n) is 4.40. The molecule has 2 aliphatic rings. The molecule has 29 heavy (non-hydrogen) atoms. The molecule has 0 spiro atoms. The first-order chi connectivity index (χ1) is 13.9. The quantitative estimate of drug-likeness (QED) is 0.692. The van der Waals surface area contributed by atoms with E-state index in [0.717, 1.165) is 54.5 Å². The molecule has 0 radical (unpaired) electrons. The van der Waals surface area contributed by atoms with Crippen LogP contribution in [0.2, 0.25) is 0 Å². The minimum atomic E-state index is -3.12. The third kappa shape index (κ3) is 4.16. The van der Waals surface area contributed by atoms with Crippen molar-refractivity contribution >= 4 is 37.4 Å². The van der Waals surface area contributed by atoms with Crippen LogP contribution < -0.4 is 4.90 Å². The van der Waals surface area contributed by atoms with Gasteiger partial charge < -0.3 is 4.90 Å². The molecule has 0 saturated carbocycles. The molecule has 1 atom stereocenters. The Kier molecular flexibility index (Phi) is 6.14. The van der Waals surface area contributed by atoms with Gasteiger partial charge in [-0.15, -0.1) is 11.3 Å². The van der Waals surface area contributed by atoms with Crippen molar-refractivity contribution in [3.8, 4) is 0 Å². The van der Waals surface area contributed by atoms with Crippen LogP contribution in [0.15, 0.2) is 0 Å². The number of hydrogen-bond acceptors (Lipinski definition) is 6. The molecular weight excluding hydrogens is 404 g/mol. The van der Waals surface area contributed by atoms with Crippen molar-refractivity contribution < 1.29 is 8.42 Å². The zero-order valence-corrected chi connectivity index (χ0v) is 19.4. The summed E-state index contributed by atoms with van der Waals surface area (Å²) in [7, 11) is -3.12. The fourth-order valence-corrected chi connectivity index (χ4v) is 6.88. The first kappa shape index (κ1) is 21.0. The van der Waals surface area contributed by atoms with Crippen molar-refractivity contribution in [1.29, 1.82) is 0 Å². The Morgan fingerprint density at radius 1 is 1.14 bits per heavy atom. The molecule has 3 heterocycles. The van der Waals surface area contributed by atoms with Gasteiger partial charge in [-0.3, -0.25) is 0 Å². The number of hydrogen-bond donors (Lipinski definition) is 0. The summed E-state index contributed by atoms with van der Waals surface area (Å²) in [5, 5.41) is 1.24. The van der Waals surface area contributed by atoms with Gasteiger partial charge in [-0.2, -0.15) is 4.31 Å². The zero-order valence-electron chi connectivity index (χ0n) is 17.8. The van der Waals surface area contributed by atoms with Crippen LogP contribution in [-0.4, -0.2) is 54.6 Å². The number of aryl methyl sites for hydroxylation is 2. The second kappa shape index (κ2) is 8.47. The van der Waals surface area contributed by atoms with E-state index in [9.17, 15) is 8.42 Å². The predicted octanol–water partition coefficient (Wildman–Crippen LogP) is 3.63. The van der Waals surface area contributed by atoms with Crippen LogP contribution in [0, 0.1) is 5.92 Å². The highest BCUT2D eigenvalue weighted by atomic mass is 32.2. The Bertz CT molecular complexity index is 978. The van der Waals surface area contributed by atoms with Crippen LogP contribution in [0.1, 0.15) is 56.3 Å². The lowest BCUT2D eigenvalue weighted by molar-refractivity contribution is 0.384. The van der Waals surface area contributed by atoms with Gasteiger partial charge >= 0.3 is 0 Å². The van der Waals surface area contributed by atoms with Gasteiger partial charge in [-0.1, -0.05) is 20.3 Å². The van der Waals surface area contributed by atoms with E-state index < -0.39 is 10.0 Å². The minimum absolute atomic E-state index is 0.169. The maximum atomic E-state index is 12.2. The van der Waals surface area contributed by atoms with E-state index in [2.05, 4.69) is 18.7 Å². The number of anilines is 1. The van der Waals surface area contributed by atoms with Crippen LogP contribution in [0.4, 0.5) is 5.82 Å². The molecule has 0 bridgehead atoms. The van der Waals surface area contributed by atoms with Gasteiger partial charge in [0, 0.05) is 37.5 Å². The highest BCUT2D eigenvalue weighted by Crippen LogP contribution is 2.41. The van der Waals surface area contributed by atoms with Gasteiger partial charge in [0.05, 0.1) is 11.1 Å². The summed E-state index contributed by atoms with van der Waals surface area (Å²) in [5.74, 6) is 2.88. The number of thiophene rings is 1. The third-order valence-corrected chi connectivity index (χ3v) is 9.26. The van der Waals surface area contributed by atoms with Crippen LogP contribution in [0.25, 0.3) is 10.2 Å². The number of nitrogens with zero attached hydrogens (tertiary/aromatic N) is 4. The molecule has 0 aromatic carbocycles. The SMILES string of the molecule is CCCCc1nc(N2CCN(S(=O)(=O)CC)CC2)c2c3c(sc2n1)C[C@@H](C)CC3. The number of unbranched alkanes of at least 4 members (excludes halogenated alkanes) is 1. The second-order valence-corrected chi connectivity index (χ2v) is 11.7. The molecule has 1 aliphatic carbocycles. The van der Waals surface area contributed by atoms with E-state index >= 15 is 0 Å². The van der Waals surface area contributed by atoms with Gasteiger partial charge in [0.25, 0.3) is 0 Å². The Labute approximate surface area is 178 Å². The summed E-state index contributed by atoms with van der Waals surface area (Å²) in [6.45, 7) is 8.70. The van der Waals surface area contributed by atoms with Crippen molar-refractivity contribution in [3.05, 3.63) is 16.3 Å². The van der Waals surface area contributed by atoms with Gasteiger partial charge in [0.2, 0.25) is 10.0 Å². The van der Waals surface area contributed by atoms with Crippen molar-refractivity contribution in [2.24, 2.45) is 5.92 Å². The summed E-state index contributed by atoms with van der Waals surface area (Å²) < 4.78 is 26.1. The summed E-state index contributed by atoms with van der Waals surface area (Å²) in [6, 6.07) is 0. The second-order valence-electron chi connectivity index (χ2n) is 8.39. The van der Waals surface area contributed by atoms with Crippen LogP contribution in [0.5, 0.6) is 0 Å². The lowest BCUT2D eigenvalue weighted by Gasteiger charge is -2.35.